The standard InChI is InChI=1S/C14H16ClNO2S/c1-9-3-4-12(19-9)8-16-7-10-5-11(15)6-13(18-2)14(10)17/h3-6,16-17H,7-8H2,1-2H3. The number of phenols is 1. The lowest BCUT2D eigenvalue weighted by atomic mass is 10.2. The zero-order valence-corrected chi connectivity index (χ0v) is 12.4. The molecule has 0 aliphatic heterocycles. The van der Waals surface area contributed by atoms with Crippen molar-refractivity contribution in [2.24, 2.45) is 0 Å². The fraction of sp³-hybridized carbons (Fsp3) is 0.286. The second-order valence-electron chi connectivity index (χ2n) is 4.23. The third kappa shape index (κ3) is 3.62. The van der Waals surface area contributed by atoms with Gasteiger partial charge in [0.2, 0.25) is 0 Å². The van der Waals surface area contributed by atoms with E-state index in [-0.39, 0.29) is 5.75 Å². The van der Waals surface area contributed by atoms with Gasteiger partial charge in [0.15, 0.2) is 11.5 Å². The van der Waals surface area contributed by atoms with E-state index in [4.69, 9.17) is 16.3 Å². The Labute approximate surface area is 121 Å². The molecule has 0 unspecified atom stereocenters. The molecule has 102 valence electrons. The van der Waals surface area contributed by atoms with Crippen LogP contribution in [0, 0.1) is 6.92 Å². The number of phenolic OH excluding ortho intramolecular Hbond substituents is 1. The molecule has 19 heavy (non-hydrogen) atoms. The molecule has 1 aromatic heterocycles. The van der Waals surface area contributed by atoms with E-state index in [0.29, 0.717) is 17.3 Å². The highest BCUT2D eigenvalue weighted by Crippen LogP contribution is 2.33. The molecule has 2 rings (SSSR count). The Morgan fingerprint density at radius 2 is 2.11 bits per heavy atom. The molecule has 1 heterocycles. The minimum Gasteiger partial charge on any atom is -0.504 e. The Morgan fingerprint density at radius 1 is 1.32 bits per heavy atom. The number of nitrogens with one attached hydrogen (secondary N) is 1. The van der Waals surface area contributed by atoms with Crippen LogP contribution in [0.3, 0.4) is 0 Å². The van der Waals surface area contributed by atoms with E-state index in [9.17, 15) is 5.11 Å². The van der Waals surface area contributed by atoms with Crippen LogP contribution in [0.5, 0.6) is 11.5 Å². The summed E-state index contributed by atoms with van der Waals surface area (Å²) in [4.78, 5) is 2.56. The third-order valence-electron chi connectivity index (χ3n) is 2.75. The van der Waals surface area contributed by atoms with Gasteiger partial charge in [0, 0.05) is 39.5 Å². The first kappa shape index (κ1) is 14.2. The van der Waals surface area contributed by atoms with Gasteiger partial charge in [-0.05, 0) is 25.1 Å². The monoisotopic (exact) mass is 297 g/mol. The minimum atomic E-state index is 0.141. The first-order valence-electron chi connectivity index (χ1n) is 5.91. The van der Waals surface area contributed by atoms with Crippen LogP contribution in [0.25, 0.3) is 0 Å². The summed E-state index contributed by atoms with van der Waals surface area (Å²) < 4.78 is 5.07. The Morgan fingerprint density at radius 3 is 2.74 bits per heavy atom. The maximum absolute atomic E-state index is 9.99. The fourth-order valence-electron chi connectivity index (χ4n) is 1.82. The molecule has 2 N–H and O–H groups in total. The number of ether oxygens (including phenoxy) is 1. The van der Waals surface area contributed by atoms with Gasteiger partial charge in [-0.25, -0.2) is 0 Å². The molecule has 1 aromatic carbocycles. The van der Waals surface area contributed by atoms with Crippen molar-refractivity contribution in [2.75, 3.05) is 7.11 Å². The molecule has 0 radical (unpaired) electrons. The Bertz CT molecular complexity index is 569. The lowest BCUT2D eigenvalue weighted by Gasteiger charge is -2.10. The van der Waals surface area contributed by atoms with E-state index in [1.54, 1.807) is 23.5 Å². The third-order valence-corrected chi connectivity index (χ3v) is 3.97. The van der Waals surface area contributed by atoms with Crippen molar-refractivity contribution in [1.29, 1.82) is 0 Å². The highest BCUT2D eigenvalue weighted by atomic mass is 35.5. The average Bonchev–Trinajstić information content (AvgIpc) is 2.79. The smallest absolute Gasteiger partial charge is 0.162 e. The van der Waals surface area contributed by atoms with Gasteiger partial charge in [-0.15, -0.1) is 11.3 Å². The summed E-state index contributed by atoms with van der Waals surface area (Å²) in [6.45, 7) is 3.40. The number of benzene rings is 1. The largest absolute Gasteiger partial charge is 0.504 e. The van der Waals surface area contributed by atoms with Crippen molar-refractivity contribution in [2.45, 2.75) is 20.0 Å². The van der Waals surface area contributed by atoms with Crippen molar-refractivity contribution >= 4 is 22.9 Å². The molecule has 2 aromatic rings. The number of rotatable bonds is 5. The molecule has 0 fully saturated rings. The van der Waals surface area contributed by atoms with Crippen LogP contribution in [-0.2, 0) is 13.1 Å². The highest BCUT2D eigenvalue weighted by Gasteiger charge is 2.09. The number of methoxy groups -OCH3 is 1. The van der Waals surface area contributed by atoms with Crippen LogP contribution in [-0.4, -0.2) is 12.2 Å². The van der Waals surface area contributed by atoms with Crippen LogP contribution in [0.4, 0.5) is 0 Å². The van der Waals surface area contributed by atoms with Gasteiger partial charge < -0.3 is 15.2 Å². The van der Waals surface area contributed by atoms with Crippen molar-refractivity contribution < 1.29 is 9.84 Å². The van der Waals surface area contributed by atoms with Gasteiger partial charge >= 0.3 is 0 Å². The lowest BCUT2D eigenvalue weighted by Crippen LogP contribution is -2.12. The van der Waals surface area contributed by atoms with E-state index in [0.717, 1.165) is 12.1 Å². The van der Waals surface area contributed by atoms with Crippen molar-refractivity contribution in [3.8, 4) is 11.5 Å². The summed E-state index contributed by atoms with van der Waals surface area (Å²) in [5.74, 6) is 0.540. The average molecular weight is 298 g/mol. The predicted octanol–water partition coefficient (Wildman–Crippen LogP) is 3.71. The molecular formula is C14H16ClNO2S. The second kappa shape index (κ2) is 6.28. The van der Waals surface area contributed by atoms with Crippen LogP contribution in [0.1, 0.15) is 15.3 Å². The first-order chi connectivity index (χ1) is 9.10. The molecule has 0 amide bonds. The Balaban J connectivity index is 2.01. The molecule has 0 spiro atoms. The van der Waals surface area contributed by atoms with E-state index in [1.165, 1.54) is 16.9 Å². The molecule has 0 bridgehead atoms. The normalized spacial score (nSPS) is 10.7. The zero-order valence-electron chi connectivity index (χ0n) is 10.9. The van der Waals surface area contributed by atoms with Gasteiger partial charge in [0.1, 0.15) is 0 Å². The maximum atomic E-state index is 9.99. The molecule has 0 aliphatic rings. The fourth-order valence-corrected chi connectivity index (χ4v) is 2.91. The summed E-state index contributed by atoms with van der Waals surface area (Å²) in [6.07, 6.45) is 0. The quantitative estimate of drug-likeness (QED) is 0.884. The van der Waals surface area contributed by atoms with E-state index in [2.05, 4.69) is 24.4 Å². The number of aromatic hydroxyl groups is 1. The molecule has 0 saturated carbocycles. The molecule has 0 atom stereocenters. The summed E-state index contributed by atoms with van der Waals surface area (Å²) in [6, 6.07) is 7.54. The topological polar surface area (TPSA) is 41.5 Å². The van der Waals surface area contributed by atoms with Crippen LogP contribution >= 0.6 is 22.9 Å². The Hall–Kier alpha value is -1.23. The maximum Gasteiger partial charge on any atom is 0.162 e. The molecule has 0 aliphatic carbocycles. The summed E-state index contributed by atoms with van der Waals surface area (Å²) >= 11 is 7.75. The second-order valence-corrected chi connectivity index (χ2v) is 6.04. The Kier molecular flexibility index (Phi) is 4.69. The van der Waals surface area contributed by atoms with E-state index in [1.807, 2.05) is 0 Å². The summed E-state index contributed by atoms with van der Waals surface area (Å²) in [5, 5.41) is 13.8. The molecule has 3 nitrogen and oxygen atoms in total. The van der Waals surface area contributed by atoms with Crippen LogP contribution < -0.4 is 10.1 Å². The van der Waals surface area contributed by atoms with Crippen molar-refractivity contribution in [1.82, 2.24) is 5.32 Å². The van der Waals surface area contributed by atoms with Crippen LogP contribution in [0.15, 0.2) is 24.3 Å². The van der Waals surface area contributed by atoms with Crippen molar-refractivity contribution in [3.63, 3.8) is 0 Å². The van der Waals surface area contributed by atoms with Crippen molar-refractivity contribution in [3.05, 3.63) is 44.6 Å². The summed E-state index contributed by atoms with van der Waals surface area (Å²) in [5.41, 5.74) is 0.734. The lowest BCUT2D eigenvalue weighted by molar-refractivity contribution is 0.369. The number of thiophene rings is 1. The number of hydrogen-bond acceptors (Lipinski definition) is 4. The zero-order chi connectivity index (χ0) is 13.8. The number of hydrogen-bond donors (Lipinski definition) is 2. The molecule has 5 heteroatoms. The SMILES string of the molecule is COc1cc(Cl)cc(CNCc2ccc(C)s2)c1O. The van der Waals surface area contributed by atoms with Gasteiger partial charge in [-0.2, -0.15) is 0 Å². The molecular weight excluding hydrogens is 282 g/mol. The van der Waals surface area contributed by atoms with E-state index >= 15 is 0 Å². The first-order valence-corrected chi connectivity index (χ1v) is 7.11. The highest BCUT2D eigenvalue weighted by molar-refractivity contribution is 7.11. The van der Waals surface area contributed by atoms with Gasteiger partial charge in [0.05, 0.1) is 7.11 Å². The summed E-state index contributed by atoms with van der Waals surface area (Å²) in [7, 11) is 1.51. The minimum absolute atomic E-state index is 0.141. The predicted molar refractivity (Wildman–Crippen MR) is 79.3 cm³/mol. The van der Waals surface area contributed by atoms with Gasteiger partial charge in [0.25, 0.3) is 0 Å². The van der Waals surface area contributed by atoms with E-state index < -0.39 is 0 Å². The number of halogens is 1. The molecule has 0 saturated heterocycles. The van der Waals surface area contributed by atoms with Crippen LogP contribution in [0.2, 0.25) is 5.02 Å². The van der Waals surface area contributed by atoms with Gasteiger partial charge in [-0.3, -0.25) is 0 Å². The van der Waals surface area contributed by atoms with Gasteiger partial charge in [-0.1, -0.05) is 11.6 Å². The number of aryl methyl sites for hydroxylation is 1.